The number of aromatic nitrogens is 8. The van der Waals surface area contributed by atoms with E-state index in [2.05, 4.69) is 29.9 Å². The lowest BCUT2D eigenvalue weighted by atomic mass is 10.1. The first kappa shape index (κ1) is 30.2. The van der Waals surface area contributed by atoms with E-state index in [4.69, 9.17) is 30.2 Å². The molecule has 44 heavy (non-hydrogen) atoms. The van der Waals surface area contributed by atoms with Crippen molar-refractivity contribution in [3.63, 3.8) is 0 Å². The summed E-state index contributed by atoms with van der Waals surface area (Å²) < 4.78 is 37.0. The standard InChI is InChI=1S/C21H27N10O12P/c22-20-26-14-8(16(36)28-20)24-3-30(14)18-11(34)10(33)7(43-18)2-41-44(38,39)5-40-13-6(1-32)42-19(12(13)35)31-4-25-9-15(31)27-21(23)29-17(9)37/h3-4,6-7,10-13,18-19,32-35H,1-2,5H2,(H,38,39)(H3,22,26,28,36)(H3,23,27,29,37)/t6-,7-,10?,11?,12?,13?,18-,19-/m1/s1. The van der Waals surface area contributed by atoms with Crippen LogP contribution in [0.4, 0.5) is 11.9 Å². The molecule has 0 aromatic carbocycles. The normalized spacial score (nSPS) is 30.4. The van der Waals surface area contributed by atoms with E-state index in [9.17, 15) is 39.5 Å². The van der Waals surface area contributed by atoms with Crippen LogP contribution in [0, 0.1) is 0 Å². The molecule has 238 valence electrons. The smallest absolute Gasteiger partial charge is 0.353 e. The number of nitrogens with zero attached hydrogens (tertiary/aromatic N) is 6. The maximum Gasteiger partial charge on any atom is 0.353 e. The number of nitrogen functional groups attached to an aromatic ring is 2. The Morgan fingerprint density at radius 3 is 1.95 bits per heavy atom. The molecule has 2 aliphatic rings. The Bertz CT molecular complexity index is 1860. The van der Waals surface area contributed by atoms with E-state index in [1.807, 2.05) is 0 Å². The highest BCUT2D eigenvalue weighted by atomic mass is 31.2. The van der Waals surface area contributed by atoms with Crippen LogP contribution in [-0.4, -0.2) is 121 Å². The minimum atomic E-state index is -4.60. The third-order valence-corrected chi connectivity index (χ3v) is 8.17. The van der Waals surface area contributed by atoms with Crippen molar-refractivity contribution in [3.8, 4) is 0 Å². The van der Waals surface area contributed by atoms with E-state index >= 15 is 0 Å². The van der Waals surface area contributed by atoms with Gasteiger partial charge in [-0.05, 0) is 0 Å². The Morgan fingerprint density at radius 2 is 1.41 bits per heavy atom. The van der Waals surface area contributed by atoms with Crippen molar-refractivity contribution in [1.29, 1.82) is 0 Å². The van der Waals surface area contributed by atoms with Crippen LogP contribution in [0.5, 0.6) is 0 Å². The van der Waals surface area contributed by atoms with E-state index in [1.54, 1.807) is 0 Å². The molecule has 0 aliphatic carbocycles. The molecule has 4 aromatic rings. The molecule has 6 rings (SSSR count). The van der Waals surface area contributed by atoms with Crippen molar-refractivity contribution >= 4 is 41.8 Å². The molecule has 0 saturated carbocycles. The Kier molecular flexibility index (Phi) is 7.73. The van der Waals surface area contributed by atoms with E-state index in [-0.39, 0.29) is 34.2 Å². The van der Waals surface area contributed by atoms with Gasteiger partial charge in [-0.25, -0.2) is 9.97 Å². The molecule has 11 N–H and O–H groups in total. The molecule has 23 heteroatoms. The van der Waals surface area contributed by atoms with Gasteiger partial charge >= 0.3 is 7.60 Å². The number of nitrogens with one attached hydrogen (secondary N) is 2. The summed E-state index contributed by atoms with van der Waals surface area (Å²) in [5.41, 5.74) is 9.69. The van der Waals surface area contributed by atoms with Gasteiger partial charge in [0.25, 0.3) is 11.1 Å². The van der Waals surface area contributed by atoms with Crippen molar-refractivity contribution in [2.24, 2.45) is 0 Å². The molecule has 4 aromatic heterocycles. The molecular weight excluding hydrogens is 615 g/mol. The number of aliphatic hydroxyl groups excluding tert-OH is 4. The molecular formula is C21H27N10O12P. The summed E-state index contributed by atoms with van der Waals surface area (Å²) in [7, 11) is -4.60. The van der Waals surface area contributed by atoms with Gasteiger partial charge in [0.05, 0.1) is 25.9 Å². The second-order valence-corrected chi connectivity index (χ2v) is 11.8. The number of hydrogen-bond donors (Lipinski definition) is 9. The largest absolute Gasteiger partial charge is 0.394 e. The van der Waals surface area contributed by atoms with Crippen molar-refractivity contribution in [3.05, 3.63) is 33.4 Å². The zero-order chi connectivity index (χ0) is 31.5. The van der Waals surface area contributed by atoms with Crippen LogP contribution >= 0.6 is 7.60 Å². The topological polar surface area (TPSA) is 334 Å². The number of nitrogens with two attached hydrogens (primary N) is 2. The number of aliphatic hydroxyl groups is 4. The lowest BCUT2D eigenvalue weighted by Gasteiger charge is -2.22. The van der Waals surface area contributed by atoms with Gasteiger partial charge in [0.1, 0.15) is 43.0 Å². The monoisotopic (exact) mass is 642 g/mol. The highest BCUT2D eigenvalue weighted by Crippen LogP contribution is 2.45. The lowest BCUT2D eigenvalue weighted by Crippen LogP contribution is -2.36. The van der Waals surface area contributed by atoms with Crippen LogP contribution in [0.15, 0.2) is 22.2 Å². The molecule has 6 heterocycles. The summed E-state index contributed by atoms with van der Waals surface area (Å²) >= 11 is 0. The maximum atomic E-state index is 12.8. The number of hydrogen-bond acceptors (Lipinski definition) is 17. The first-order valence-electron chi connectivity index (χ1n) is 12.9. The van der Waals surface area contributed by atoms with Gasteiger partial charge in [-0.3, -0.25) is 33.3 Å². The fourth-order valence-electron chi connectivity index (χ4n) is 5.06. The minimum Gasteiger partial charge on any atom is -0.394 e. The third-order valence-electron chi connectivity index (χ3n) is 7.15. The zero-order valence-corrected chi connectivity index (χ0v) is 23.2. The van der Waals surface area contributed by atoms with Crippen LogP contribution in [0.25, 0.3) is 22.3 Å². The van der Waals surface area contributed by atoms with Gasteiger partial charge < -0.3 is 55.5 Å². The number of ether oxygens (including phenoxy) is 3. The van der Waals surface area contributed by atoms with Gasteiger partial charge in [0.15, 0.2) is 34.8 Å². The average Bonchev–Trinajstić information content (AvgIpc) is 3.71. The van der Waals surface area contributed by atoms with Crippen LogP contribution in [0.2, 0.25) is 0 Å². The van der Waals surface area contributed by atoms with Gasteiger partial charge in [-0.1, -0.05) is 0 Å². The molecule has 2 aliphatic heterocycles. The zero-order valence-electron chi connectivity index (χ0n) is 22.3. The second kappa shape index (κ2) is 11.3. The second-order valence-electron chi connectivity index (χ2n) is 10.0. The van der Waals surface area contributed by atoms with Gasteiger partial charge in [0.2, 0.25) is 11.9 Å². The van der Waals surface area contributed by atoms with Crippen molar-refractivity contribution in [1.82, 2.24) is 39.0 Å². The molecule has 2 saturated heterocycles. The number of H-pyrrole nitrogens is 2. The minimum absolute atomic E-state index is 0.0193. The van der Waals surface area contributed by atoms with Gasteiger partial charge in [0, 0.05) is 0 Å². The van der Waals surface area contributed by atoms with Crippen LogP contribution in [-0.2, 0) is 23.3 Å². The lowest BCUT2D eigenvalue weighted by molar-refractivity contribution is -0.0589. The Hall–Kier alpha value is -3.83. The van der Waals surface area contributed by atoms with E-state index in [1.165, 1.54) is 15.5 Å². The fourth-order valence-corrected chi connectivity index (χ4v) is 5.88. The van der Waals surface area contributed by atoms with Crippen molar-refractivity contribution in [2.75, 3.05) is 31.0 Å². The SMILES string of the molecule is Nc1nc2c(ncn2[C@@H]2O[C@H](COP(=O)(O)COC3C(O)[C@H](n4cnc5c(=O)[nH]c(N)nc54)O[C@@H]3CO)C(O)C2O)c(=O)[nH]1. The molecule has 0 spiro atoms. The Labute approximate surface area is 243 Å². The number of fused-ring (bicyclic) bond motifs is 2. The average molecular weight is 642 g/mol. The predicted octanol–water partition coefficient (Wildman–Crippen LogP) is -4.17. The highest BCUT2D eigenvalue weighted by molar-refractivity contribution is 7.52. The first-order valence-corrected chi connectivity index (χ1v) is 14.6. The van der Waals surface area contributed by atoms with Crippen molar-refractivity contribution < 1.29 is 48.6 Å². The van der Waals surface area contributed by atoms with E-state index in [0.29, 0.717) is 0 Å². The quantitative estimate of drug-likeness (QED) is 0.0782. The van der Waals surface area contributed by atoms with E-state index in [0.717, 1.165) is 6.33 Å². The third kappa shape index (κ3) is 5.26. The maximum absolute atomic E-state index is 12.8. The first-order chi connectivity index (χ1) is 20.9. The van der Waals surface area contributed by atoms with Crippen LogP contribution in [0.1, 0.15) is 12.5 Å². The Morgan fingerprint density at radius 1 is 0.886 bits per heavy atom. The van der Waals surface area contributed by atoms with Crippen LogP contribution in [0.3, 0.4) is 0 Å². The summed E-state index contributed by atoms with van der Waals surface area (Å²) in [4.78, 5) is 55.0. The van der Waals surface area contributed by atoms with Crippen molar-refractivity contribution in [2.45, 2.75) is 49.1 Å². The predicted molar refractivity (Wildman–Crippen MR) is 144 cm³/mol. The number of anilines is 2. The summed E-state index contributed by atoms with van der Waals surface area (Å²) in [6.45, 7) is -1.35. The summed E-state index contributed by atoms with van der Waals surface area (Å²) in [5.74, 6) is -0.437. The van der Waals surface area contributed by atoms with E-state index < -0.39 is 87.4 Å². The number of rotatable bonds is 9. The Balaban J connectivity index is 1.10. The molecule has 5 unspecified atom stereocenters. The van der Waals surface area contributed by atoms with Gasteiger partial charge in [-0.2, -0.15) is 9.97 Å². The molecule has 0 amide bonds. The molecule has 0 bridgehead atoms. The molecule has 0 radical (unpaired) electrons. The summed E-state index contributed by atoms with van der Waals surface area (Å²) in [6, 6.07) is 0. The van der Waals surface area contributed by atoms with Crippen LogP contribution < -0.4 is 22.6 Å². The summed E-state index contributed by atoms with van der Waals surface area (Å²) in [6.07, 6.45) is -9.79. The fraction of sp³-hybridized carbons (Fsp3) is 0.524. The number of aromatic amines is 2. The molecule has 2 fully saturated rings. The molecule has 22 nitrogen and oxygen atoms in total. The molecule has 9 atom stereocenters. The highest BCUT2D eigenvalue weighted by Gasteiger charge is 2.48. The number of imidazole rings is 2. The summed E-state index contributed by atoms with van der Waals surface area (Å²) in [5, 5.41) is 41.8. The van der Waals surface area contributed by atoms with Gasteiger partial charge in [-0.15, -0.1) is 0 Å².